The van der Waals surface area contributed by atoms with Crippen LogP contribution in [0.3, 0.4) is 0 Å². The second-order valence-electron chi connectivity index (χ2n) is 2.72. The first-order valence-electron chi connectivity index (χ1n) is 3.99. The van der Waals surface area contributed by atoms with Gasteiger partial charge in [-0.1, -0.05) is 15.9 Å². The lowest BCUT2D eigenvalue weighted by atomic mass is 10.2. The molecule has 0 spiro atoms. The van der Waals surface area contributed by atoms with Gasteiger partial charge in [0.2, 0.25) is 0 Å². The highest BCUT2D eigenvalue weighted by Gasteiger charge is 2.14. The van der Waals surface area contributed by atoms with E-state index < -0.39 is 30.4 Å². The Bertz CT molecular complexity index is 320. The Morgan fingerprint density at radius 1 is 1.20 bits per heavy atom. The Labute approximate surface area is 92.2 Å². The molecule has 0 unspecified atom stereocenters. The van der Waals surface area contributed by atoms with E-state index in [0.29, 0.717) is 5.56 Å². The summed E-state index contributed by atoms with van der Waals surface area (Å²) in [7, 11) is 0. The Balaban J connectivity index is 2.88. The fraction of sp³-hybridized carbons (Fsp3) is 0.333. The van der Waals surface area contributed by atoms with Crippen molar-refractivity contribution in [2.75, 3.05) is 6.61 Å². The van der Waals surface area contributed by atoms with E-state index in [1.54, 1.807) is 0 Å². The SMILES string of the molecule is Fc1cc(CBr)cc(F)c1OCC(F)F. The van der Waals surface area contributed by atoms with Gasteiger partial charge in [-0.25, -0.2) is 17.6 Å². The van der Waals surface area contributed by atoms with Crippen molar-refractivity contribution in [1.29, 1.82) is 0 Å². The minimum absolute atomic E-state index is 0.274. The number of rotatable bonds is 4. The van der Waals surface area contributed by atoms with Gasteiger partial charge < -0.3 is 4.74 Å². The topological polar surface area (TPSA) is 9.23 Å². The van der Waals surface area contributed by atoms with Crippen LogP contribution in [0.5, 0.6) is 5.75 Å². The first kappa shape index (κ1) is 12.3. The largest absolute Gasteiger partial charge is 0.482 e. The molecule has 1 aromatic rings. The van der Waals surface area contributed by atoms with Crippen LogP contribution in [0, 0.1) is 11.6 Å². The summed E-state index contributed by atoms with van der Waals surface area (Å²) >= 11 is 3.02. The van der Waals surface area contributed by atoms with E-state index >= 15 is 0 Å². The predicted octanol–water partition coefficient (Wildman–Crippen LogP) is 3.50. The first-order valence-corrected chi connectivity index (χ1v) is 5.11. The van der Waals surface area contributed by atoms with Gasteiger partial charge in [0.05, 0.1) is 0 Å². The predicted molar refractivity (Wildman–Crippen MR) is 50.5 cm³/mol. The molecule has 0 aliphatic carbocycles. The highest BCUT2D eigenvalue weighted by atomic mass is 79.9. The smallest absolute Gasteiger partial charge is 0.272 e. The van der Waals surface area contributed by atoms with Crippen LogP contribution < -0.4 is 4.74 Å². The first-order chi connectivity index (χ1) is 7.04. The Morgan fingerprint density at radius 2 is 1.73 bits per heavy atom. The molecule has 6 heteroatoms. The highest BCUT2D eigenvalue weighted by Crippen LogP contribution is 2.24. The molecule has 1 aromatic carbocycles. The van der Waals surface area contributed by atoms with Gasteiger partial charge in [-0.15, -0.1) is 0 Å². The lowest BCUT2D eigenvalue weighted by Gasteiger charge is -2.08. The number of alkyl halides is 3. The Hall–Kier alpha value is -0.780. The fourth-order valence-electron chi connectivity index (χ4n) is 0.974. The average molecular weight is 287 g/mol. The van der Waals surface area contributed by atoms with Crippen molar-refractivity contribution < 1.29 is 22.3 Å². The molecular weight excluding hydrogens is 280 g/mol. The van der Waals surface area contributed by atoms with E-state index in [1.165, 1.54) is 0 Å². The maximum absolute atomic E-state index is 13.1. The summed E-state index contributed by atoms with van der Waals surface area (Å²) in [5.74, 6) is -2.73. The Kier molecular flexibility index (Phi) is 4.38. The normalized spacial score (nSPS) is 10.8. The van der Waals surface area contributed by atoms with Gasteiger partial charge >= 0.3 is 0 Å². The zero-order chi connectivity index (χ0) is 11.4. The van der Waals surface area contributed by atoms with Gasteiger partial charge in [-0.2, -0.15) is 0 Å². The molecule has 0 fully saturated rings. The number of hydrogen-bond donors (Lipinski definition) is 0. The van der Waals surface area contributed by atoms with E-state index in [2.05, 4.69) is 20.7 Å². The average Bonchev–Trinajstić information content (AvgIpc) is 2.15. The van der Waals surface area contributed by atoms with Gasteiger partial charge in [-0.05, 0) is 17.7 Å². The highest BCUT2D eigenvalue weighted by molar-refractivity contribution is 9.08. The van der Waals surface area contributed by atoms with Crippen molar-refractivity contribution in [2.24, 2.45) is 0 Å². The van der Waals surface area contributed by atoms with Crippen molar-refractivity contribution in [3.8, 4) is 5.75 Å². The van der Waals surface area contributed by atoms with E-state index in [-0.39, 0.29) is 5.33 Å². The van der Waals surface area contributed by atoms with E-state index in [9.17, 15) is 17.6 Å². The quantitative estimate of drug-likeness (QED) is 0.608. The molecule has 0 saturated heterocycles. The molecule has 0 radical (unpaired) electrons. The molecule has 0 amide bonds. The Morgan fingerprint density at radius 3 is 2.13 bits per heavy atom. The van der Waals surface area contributed by atoms with Crippen molar-refractivity contribution >= 4 is 15.9 Å². The second-order valence-corrected chi connectivity index (χ2v) is 3.29. The van der Waals surface area contributed by atoms with Crippen LogP contribution >= 0.6 is 15.9 Å². The number of hydrogen-bond acceptors (Lipinski definition) is 1. The minimum atomic E-state index is -2.76. The minimum Gasteiger partial charge on any atom is -0.482 e. The molecule has 0 saturated carbocycles. The van der Waals surface area contributed by atoms with Crippen molar-refractivity contribution in [2.45, 2.75) is 11.8 Å². The maximum atomic E-state index is 13.1. The zero-order valence-electron chi connectivity index (χ0n) is 7.44. The van der Waals surface area contributed by atoms with Gasteiger partial charge in [0.25, 0.3) is 6.43 Å². The summed E-state index contributed by atoms with van der Waals surface area (Å²) in [6, 6.07) is 2.05. The molecular formula is C9H7BrF4O. The van der Waals surface area contributed by atoms with Gasteiger partial charge in [0.1, 0.15) is 6.61 Å². The van der Waals surface area contributed by atoms with E-state index in [0.717, 1.165) is 12.1 Å². The van der Waals surface area contributed by atoms with Crippen molar-refractivity contribution in [3.05, 3.63) is 29.3 Å². The lowest BCUT2D eigenvalue weighted by molar-refractivity contribution is 0.0777. The second kappa shape index (κ2) is 5.34. The zero-order valence-corrected chi connectivity index (χ0v) is 9.03. The van der Waals surface area contributed by atoms with Crippen LogP contribution in [0.15, 0.2) is 12.1 Å². The number of ether oxygens (including phenoxy) is 1. The van der Waals surface area contributed by atoms with Crippen LogP contribution in [0.25, 0.3) is 0 Å². The van der Waals surface area contributed by atoms with Crippen LogP contribution in [0.4, 0.5) is 17.6 Å². The van der Waals surface area contributed by atoms with Gasteiger partial charge in [0, 0.05) is 5.33 Å². The van der Waals surface area contributed by atoms with Crippen LogP contribution in [0.2, 0.25) is 0 Å². The summed E-state index contributed by atoms with van der Waals surface area (Å²) in [5.41, 5.74) is 0.370. The van der Waals surface area contributed by atoms with E-state index in [4.69, 9.17) is 0 Å². The molecule has 0 aliphatic heterocycles. The van der Waals surface area contributed by atoms with E-state index in [1.807, 2.05) is 0 Å². The summed E-state index contributed by atoms with van der Waals surface area (Å²) in [5, 5.41) is 0.274. The molecule has 1 nitrogen and oxygen atoms in total. The monoisotopic (exact) mass is 286 g/mol. The third kappa shape index (κ3) is 3.37. The summed E-state index contributed by atoms with van der Waals surface area (Å²) < 4.78 is 54.1. The van der Waals surface area contributed by atoms with Gasteiger partial charge in [0.15, 0.2) is 17.4 Å². The molecule has 1 rings (SSSR count). The fourth-order valence-corrected chi connectivity index (χ4v) is 1.30. The third-order valence-electron chi connectivity index (χ3n) is 1.57. The molecule has 0 heterocycles. The third-order valence-corrected chi connectivity index (χ3v) is 2.21. The maximum Gasteiger partial charge on any atom is 0.272 e. The lowest BCUT2D eigenvalue weighted by Crippen LogP contribution is -2.09. The molecule has 0 aliphatic rings. The molecule has 0 bridgehead atoms. The molecule has 0 N–H and O–H groups in total. The molecule has 84 valence electrons. The molecule has 0 aromatic heterocycles. The molecule has 15 heavy (non-hydrogen) atoms. The summed E-state index contributed by atoms with van der Waals surface area (Å²) in [6.45, 7) is -1.03. The summed E-state index contributed by atoms with van der Waals surface area (Å²) in [6.07, 6.45) is -2.76. The molecule has 0 atom stereocenters. The number of benzene rings is 1. The van der Waals surface area contributed by atoms with Crippen LogP contribution in [-0.2, 0) is 5.33 Å². The van der Waals surface area contributed by atoms with Gasteiger partial charge in [-0.3, -0.25) is 0 Å². The van der Waals surface area contributed by atoms with Crippen LogP contribution in [0.1, 0.15) is 5.56 Å². The number of halogens is 5. The van der Waals surface area contributed by atoms with Crippen molar-refractivity contribution in [3.63, 3.8) is 0 Å². The summed E-state index contributed by atoms with van der Waals surface area (Å²) in [4.78, 5) is 0. The van der Waals surface area contributed by atoms with Crippen molar-refractivity contribution in [1.82, 2.24) is 0 Å². The standard InChI is InChI=1S/C9H7BrF4O/c10-3-5-1-6(11)9(7(12)2-5)15-4-8(13)14/h1-2,8H,3-4H2. The van der Waals surface area contributed by atoms with Crippen LogP contribution in [-0.4, -0.2) is 13.0 Å².